The van der Waals surface area contributed by atoms with E-state index in [9.17, 15) is 14.9 Å². The number of hydrogen-bond acceptors (Lipinski definition) is 5. The molecule has 196 valence electrons. The van der Waals surface area contributed by atoms with Gasteiger partial charge in [0.2, 0.25) is 5.91 Å². The van der Waals surface area contributed by atoms with Crippen LogP contribution < -0.4 is 10.2 Å². The first-order chi connectivity index (χ1) is 18.2. The maximum Gasteiger partial charge on any atom is 0.254 e. The van der Waals surface area contributed by atoms with Gasteiger partial charge in [-0.1, -0.05) is 24.6 Å². The molecule has 2 fully saturated rings. The quantitative estimate of drug-likeness (QED) is 0.516. The van der Waals surface area contributed by atoms with Gasteiger partial charge < -0.3 is 5.32 Å². The topological polar surface area (TPSA) is 104 Å². The molecule has 3 aromatic rings. The molecule has 3 heterocycles. The molecule has 0 radical (unpaired) electrons. The maximum absolute atomic E-state index is 13.1. The minimum Gasteiger partial charge on any atom is -0.349 e. The molecule has 1 aromatic carbocycles. The second-order valence-corrected chi connectivity index (χ2v) is 10.9. The summed E-state index contributed by atoms with van der Waals surface area (Å²) in [6, 6.07) is 10.1. The van der Waals surface area contributed by atoms with Crippen LogP contribution in [0.15, 0.2) is 36.7 Å². The molecule has 5 rings (SSSR count). The molecule has 2 atom stereocenters. The van der Waals surface area contributed by atoms with E-state index in [0.29, 0.717) is 23.6 Å². The SMILES string of the molecule is Cc1ccc(C#N)c(C2CC(NC(=O)c3cn(C(C)c4cnc(N5CC[C@H](C)C5=O)cc4C)nc3C)C2)c1. The highest BCUT2D eigenvalue weighted by Crippen LogP contribution is 2.39. The highest BCUT2D eigenvalue weighted by atomic mass is 16.2. The van der Waals surface area contributed by atoms with E-state index in [1.54, 1.807) is 11.1 Å². The molecule has 8 heteroatoms. The van der Waals surface area contributed by atoms with Crippen molar-refractivity contribution in [2.75, 3.05) is 11.4 Å². The van der Waals surface area contributed by atoms with Crippen LogP contribution in [0.5, 0.6) is 0 Å². The molecule has 1 aliphatic heterocycles. The fourth-order valence-electron chi connectivity index (χ4n) is 5.61. The van der Waals surface area contributed by atoms with E-state index in [0.717, 1.165) is 47.1 Å². The van der Waals surface area contributed by atoms with Crippen molar-refractivity contribution < 1.29 is 9.59 Å². The summed E-state index contributed by atoms with van der Waals surface area (Å²) in [6.45, 7) is 10.6. The van der Waals surface area contributed by atoms with E-state index in [1.165, 1.54) is 0 Å². The zero-order valence-corrected chi connectivity index (χ0v) is 22.7. The van der Waals surface area contributed by atoms with Gasteiger partial charge in [-0.05, 0) is 81.7 Å². The monoisotopic (exact) mass is 510 g/mol. The zero-order valence-electron chi connectivity index (χ0n) is 22.7. The third-order valence-electron chi connectivity index (χ3n) is 8.14. The molecule has 1 N–H and O–H groups in total. The number of rotatable bonds is 6. The average molecular weight is 511 g/mol. The lowest BCUT2D eigenvalue weighted by Gasteiger charge is -2.36. The molecular formula is C30H34N6O2. The highest BCUT2D eigenvalue weighted by molar-refractivity contribution is 5.96. The summed E-state index contributed by atoms with van der Waals surface area (Å²) in [5.41, 5.74) is 6.20. The van der Waals surface area contributed by atoms with E-state index in [2.05, 4.69) is 27.5 Å². The number of anilines is 1. The number of carbonyl (C=O) groups excluding carboxylic acids is 2. The number of aryl methyl sites for hydroxylation is 3. The normalized spacial score (nSPS) is 21.6. The summed E-state index contributed by atoms with van der Waals surface area (Å²) < 4.78 is 1.81. The van der Waals surface area contributed by atoms with Gasteiger partial charge in [-0.2, -0.15) is 10.4 Å². The molecule has 1 unspecified atom stereocenters. The number of nitriles is 1. The Kier molecular flexibility index (Phi) is 6.78. The number of amides is 2. The van der Waals surface area contributed by atoms with Crippen LogP contribution >= 0.6 is 0 Å². The number of hydrogen-bond donors (Lipinski definition) is 1. The first-order valence-corrected chi connectivity index (χ1v) is 13.3. The van der Waals surface area contributed by atoms with Crippen molar-refractivity contribution in [3.8, 4) is 6.07 Å². The van der Waals surface area contributed by atoms with Gasteiger partial charge in [0.15, 0.2) is 0 Å². The third-order valence-corrected chi connectivity index (χ3v) is 8.14. The fourth-order valence-corrected chi connectivity index (χ4v) is 5.61. The largest absolute Gasteiger partial charge is 0.349 e. The number of benzene rings is 1. The Morgan fingerprint density at radius 3 is 2.63 bits per heavy atom. The second-order valence-electron chi connectivity index (χ2n) is 10.9. The molecule has 2 aliphatic rings. The van der Waals surface area contributed by atoms with Crippen molar-refractivity contribution >= 4 is 17.6 Å². The number of carbonyl (C=O) groups is 2. The van der Waals surface area contributed by atoms with Crippen molar-refractivity contribution in [1.82, 2.24) is 20.1 Å². The molecule has 38 heavy (non-hydrogen) atoms. The smallest absolute Gasteiger partial charge is 0.254 e. The van der Waals surface area contributed by atoms with Crippen LogP contribution in [0.4, 0.5) is 5.82 Å². The van der Waals surface area contributed by atoms with Crippen LogP contribution in [0.1, 0.15) is 88.9 Å². The van der Waals surface area contributed by atoms with Gasteiger partial charge >= 0.3 is 0 Å². The van der Waals surface area contributed by atoms with Crippen molar-refractivity contribution in [2.24, 2.45) is 5.92 Å². The van der Waals surface area contributed by atoms with Crippen LogP contribution in [0, 0.1) is 38.0 Å². The fraction of sp³-hybridized carbons (Fsp3) is 0.433. The predicted molar refractivity (Wildman–Crippen MR) is 145 cm³/mol. The molecule has 0 bridgehead atoms. The summed E-state index contributed by atoms with van der Waals surface area (Å²) >= 11 is 0. The van der Waals surface area contributed by atoms with Crippen LogP contribution in [-0.2, 0) is 4.79 Å². The molecule has 1 saturated carbocycles. The summed E-state index contributed by atoms with van der Waals surface area (Å²) in [6.07, 6.45) is 6.12. The predicted octanol–water partition coefficient (Wildman–Crippen LogP) is 4.73. The van der Waals surface area contributed by atoms with Crippen molar-refractivity contribution in [2.45, 2.75) is 71.9 Å². The van der Waals surface area contributed by atoms with Crippen LogP contribution in [0.2, 0.25) is 0 Å². The number of aromatic nitrogens is 3. The zero-order chi connectivity index (χ0) is 27.1. The van der Waals surface area contributed by atoms with Gasteiger partial charge in [-0.3, -0.25) is 19.2 Å². The summed E-state index contributed by atoms with van der Waals surface area (Å²) in [4.78, 5) is 31.9. The molecule has 2 amide bonds. The maximum atomic E-state index is 13.1. The minimum atomic E-state index is -0.124. The van der Waals surface area contributed by atoms with E-state index >= 15 is 0 Å². The Morgan fingerprint density at radius 1 is 1.21 bits per heavy atom. The third kappa shape index (κ3) is 4.69. The standard InChI is InChI=1S/C30H34N6O2/c1-17-6-7-22(14-31)25(10-17)23-12-24(13-23)33-29(37)27-16-36(34-20(27)4)21(5)26-15-32-28(11-19(26)3)35-9-8-18(2)30(35)38/h6-7,10-11,15-16,18,21,23-24H,8-9,12-13H2,1-5H3,(H,33,37)/t18-,21?,23?,24?/m0/s1. The van der Waals surface area contributed by atoms with Crippen molar-refractivity contribution in [3.05, 3.63) is 75.7 Å². The molecule has 1 saturated heterocycles. The Hall–Kier alpha value is -3.99. The molecule has 1 aliphatic carbocycles. The summed E-state index contributed by atoms with van der Waals surface area (Å²) in [5, 5.41) is 17.2. The van der Waals surface area contributed by atoms with Crippen molar-refractivity contribution in [3.63, 3.8) is 0 Å². The molecular weight excluding hydrogens is 476 g/mol. The van der Waals surface area contributed by atoms with Crippen LogP contribution in [0.3, 0.4) is 0 Å². The van der Waals surface area contributed by atoms with Gasteiger partial charge in [0.05, 0.1) is 28.9 Å². The van der Waals surface area contributed by atoms with E-state index in [1.807, 2.05) is 63.7 Å². The number of nitrogens with one attached hydrogen (secondary N) is 1. The first-order valence-electron chi connectivity index (χ1n) is 13.3. The highest BCUT2D eigenvalue weighted by Gasteiger charge is 2.34. The Bertz CT molecular complexity index is 1450. The van der Waals surface area contributed by atoms with Crippen molar-refractivity contribution in [1.29, 1.82) is 5.26 Å². The average Bonchev–Trinajstić information content (AvgIpc) is 3.42. The molecule has 8 nitrogen and oxygen atoms in total. The van der Waals surface area contributed by atoms with E-state index in [4.69, 9.17) is 0 Å². The Balaban J connectivity index is 1.25. The number of nitrogens with zero attached hydrogens (tertiary/aromatic N) is 5. The van der Waals surface area contributed by atoms with Crippen LogP contribution in [0.25, 0.3) is 0 Å². The Labute approximate surface area is 223 Å². The van der Waals surface area contributed by atoms with Gasteiger partial charge in [-0.25, -0.2) is 4.98 Å². The first kappa shape index (κ1) is 25.7. The lowest BCUT2D eigenvalue weighted by atomic mass is 9.74. The molecule has 2 aromatic heterocycles. The summed E-state index contributed by atoms with van der Waals surface area (Å²) in [7, 11) is 0. The second kappa shape index (κ2) is 10.1. The summed E-state index contributed by atoms with van der Waals surface area (Å²) in [5.74, 6) is 1.02. The van der Waals surface area contributed by atoms with Crippen LogP contribution in [-0.4, -0.2) is 39.2 Å². The van der Waals surface area contributed by atoms with Gasteiger partial charge in [0, 0.05) is 30.9 Å². The lowest BCUT2D eigenvalue weighted by molar-refractivity contribution is -0.119. The van der Waals surface area contributed by atoms with Gasteiger partial charge in [-0.15, -0.1) is 0 Å². The lowest BCUT2D eigenvalue weighted by Crippen LogP contribution is -2.43. The Morgan fingerprint density at radius 2 is 1.97 bits per heavy atom. The van der Waals surface area contributed by atoms with E-state index < -0.39 is 0 Å². The number of pyridine rings is 1. The van der Waals surface area contributed by atoms with Gasteiger partial charge in [0.25, 0.3) is 5.91 Å². The van der Waals surface area contributed by atoms with E-state index in [-0.39, 0.29) is 35.7 Å². The molecule has 0 spiro atoms. The van der Waals surface area contributed by atoms with Gasteiger partial charge in [0.1, 0.15) is 5.82 Å². The minimum absolute atomic E-state index is 0.0377.